The molecule has 1 amide bonds. The van der Waals surface area contributed by atoms with Crippen LogP contribution in [-0.4, -0.2) is 19.2 Å². The highest BCUT2D eigenvalue weighted by Gasteiger charge is 1.96. The molecular weight excluding hydrogens is 238 g/mol. The van der Waals surface area contributed by atoms with Crippen molar-refractivity contribution < 1.29 is 9.53 Å². The first-order valence-corrected chi connectivity index (χ1v) is 5.93. The van der Waals surface area contributed by atoms with Crippen molar-refractivity contribution in [1.82, 2.24) is 5.32 Å². The van der Waals surface area contributed by atoms with E-state index in [1.165, 1.54) is 0 Å². The normalized spacial score (nSPS) is 10.5. The van der Waals surface area contributed by atoms with Crippen LogP contribution in [0.3, 0.4) is 0 Å². The van der Waals surface area contributed by atoms with Crippen LogP contribution in [0.1, 0.15) is 18.9 Å². The highest BCUT2D eigenvalue weighted by atomic mass is 35.5. The summed E-state index contributed by atoms with van der Waals surface area (Å²) >= 11 is 5.76. The molecule has 0 aliphatic heterocycles. The summed E-state index contributed by atoms with van der Waals surface area (Å²) in [5, 5.41) is 3.33. The highest BCUT2D eigenvalue weighted by Crippen LogP contribution is 2.10. The van der Waals surface area contributed by atoms with Crippen molar-refractivity contribution >= 4 is 23.8 Å². The Morgan fingerprint density at radius 3 is 2.76 bits per heavy atom. The SMILES string of the molecule is CCCNC(=O)OC/C=C/c1ccc(Cl)cc1. The molecule has 0 saturated carbocycles. The van der Waals surface area contributed by atoms with Gasteiger partial charge >= 0.3 is 6.09 Å². The summed E-state index contributed by atoms with van der Waals surface area (Å²) in [5.74, 6) is 0. The molecule has 1 aromatic carbocycles. The van der Waals surface area contributed by atoms with Crippen LogP contribution >= 0.6 is 11.6 Å². The van der Waals surface area contributed by atoms with Gasteiger partial charge in [-0.25, -0.2) is 4.79 Å². The van der Waals surface area contributed by atoms with E-state index < -0.39 is 0 Å². The number of hydrogen-bond acceptors (Lipinski definition) is 2. The number of carbonyl (C=O) groups excluding carboxylic acids is 1. The minimum Gasteiger partial charge on any atom is -0.445 e. The summed E-state index contributed by atoms with van der Waals surface area (Å²) in [7, 11) is 0. The average molecular weight is 254 g/mol. The Morgan fingerprint density at radius 1 is 1.41 bits per heavy atom. The van der Waals surface area contributed by atoms with Gasteiger partial charge in [-0.2, -0.15) is 0 Å². The van der Waals surface area contributed by atoms with Gasteiger partial charge in [-0.1, -0.05) is 36.7 Å². The maximum Gasteiger partial charge on any atom is 0.407 e. The molecule has 1 aromatic rings. The monoisotopic (exact) mass is 253 g/mol. The third-order valence-corrected chi connectivity index (χ3v) is 2.26. The van der Waals surface area contributed by atoms with Gasteiger partial charge in [0.2, 0.25) is 0 Å². The second kappa shape index (κ2) is 7.74. The van der Waals surface area contributed by atoms with Crippen LogP contribution in [0.5, 0.6) is 0 Å². The lowest BCUT2D eigenvalue weighted by Gasteiger charge is -2.02. The van der Waals surface area contributed by atoms with Gasteiger partial charge in [0.25, 0.3) is 0 Å². The van der Waals surface area contributed by atoms with Gasteiger partial charge in [-0.15, -0.1) is 0 Å². The number of nitrogens with one attached hydrogen (secondary N) is 1. The van der Waals surface area contributed by atoms with Crippen LogP contribution in [0, 0.1) is 0 Å². The number of hydrogen-bond donors (Lipinski definition) is 1. The summed E-state index contributed by atoms with van der Waals surface area (Å²) < 4.78 is 4.93. The van der Waals surface area contributed by atoms with E-state index in [0.717, 1.165) is 12.0 Å². The third kappa shape index (κ3) is 5.97. The Kier molecular flexibility index (Phi) is 6.18. The lowest BCUT2D eigenvalue weighted by molar-refractivity contribution is 0.158. The molecule has 1 N–H and O–H groups in total. The predicted molar refractivity (Wildman–Crippen MR) is 70.1 cm³/mol. The minimum atomic E-state index is -0.382. The van der Waals surface area contributed by atoms with Crippen molar-refractivity contribution in [3.63, 3.8) is 0 Å². The number of rotatable bonds is 5. The number of carbonyl (C=O) groups is 1. The Labute approximate surface area is 106 Å². The molecule has 1 rings (SSSR count). The number of halogens is 1. The molecule has 0 aliphatic rings. The summed E-state index contributed by atoms with van der Waals surface area (Å²) in [4.78, 5) is 11.1. The lowest BCUT2D eigenvalue weighted by Crippen LogP contribution is -2.24. The molecule has 3 nitrogen and oxygen atoms in total. The average Bonchev–Trinajstić information content (AvgIpc) is 2.34. The van der Waals surface area contributed by atoms with Crippen LogP contribution in [0.15, 0.2) is 30.3 Å². The first kappa shape index (κ1) is 13.6. The first-order chi connectivity index (χ1) is 8.22. The van der Waals surface area contributed by atoms with Crippen LogP contribution in [-0.2, 0) is 4.74 Å². The van der Waals surface area contributed by atoms with E-state index in [9.17, 15) is 4.79 Å². The molecule has 17 heavy (non-hydrogen) atoms. The fourth-order valence-electron chi connectivity index (χ4n) is 1.16. The highest BCUT2D eigenvalue weighted by molar-refractivity contribution is 6.30. The van der Waals surface area contributed by atoms with Crippen molar-refractivity contribution in [3.8, 4) is 0 Å². The van der Waals surface area contributed by atoms with Gasteiger partial charge < -0.3 is 10.1 Å². The number of ether oxygens (including phenoxy) is 1. The molecule has 0 aliphatic carbocycles. The molecule has 0 atom stereocenters. The lowest BCUT2D eigenvalue weighted by atomic mass is 10.2. The summed E-state index contributed by atoms with van der Waals surface area (Å²) in [6, 6.07) is 7.43. The molecule has 0 bridgehead atoms. The molecule has 0 saturated heterocycles. The van der Waals surface area contributed by atoms with Crippen LogP contribution in [0.2, 0.25) is 5.02 Å². The van der Waals surface area contributed by atoms with Gasteiger partial charge in [-0.3, -0.25) is 0 Å². The minimum absolute atomic E-state index is 0.262. The summed E-state index contributed by atoms with van der Waals surface area (Å²) in [6.45, 7) is 2.89. The molecular formula is C13H16ClNO2. The van der Waals surface area contributed by atoms with Crippen molar-refractivity contribution in [2.75, 3.05) is 13.2 Å². The van der Waals surface area contributed by atoms with Crippen LogP contribution < -0.4 is 5.32 Å². The zero-order chi connectivity index (χ0) is 12.5. The molecule has 0 unspecified atom stereocenters. The van der Waals surface area contributed by atoms with Crippen LogP contribution in [0.4, 0.5) is 4.79 Å². The number of benzene rings is 1. The van der Waals surface area contributed by atoms with E-state index in [2.05, 4.69) is 5.32 Å². The van der Waals surface area contributed by atoms with Crippen molar-refractivity contribution in [1.29, 1.82) is 0 Å². The van der Waals surface area contributed by atoms with Crippen molar-refractivity contribution in [2.24, 2.45) is 0 Å². The second-order valence-electron chi connectivity index (χ2n) is 3.48. The summed E-state index contributed by atoms with van der Waals surface area (Å²) in [6.07, 6.45) is 4.18. The number of alkyl carbamates (subject to hydrolysis) is 1. The zero-order valence-electron chi connectivity index (χ0n) is 9.78. The number of amides is 1. The largest absolute Gasteiger partial charge is 0.445 e. The van der Waals surface area contributed by atoms with E-state index >= 15 is 0 Å². The first-order valence-electron chi connectivity index (χ1n) is 5.55. The Bertz CT molecular complexity index is 374. The molecule has 4 heteroatoms. The standard InChI is InChI=1S/C13H16ClNO2/c1-2-9-15-13(16)17-10-3-4-11-5-7-12(14)8-6-11/h3-8H,2,9-10H2,1H3,(H,15,16)/b4-3+. The maximum atomic E-state index is 11.1. The van der Waals surface area contributed by atoms with Gasteiger partial charge in [0.05, 0.1) is 0 Å². The topological polar surface area (TPSA) is 38.3 Å². The van der Waals surface area contributed by atoms with Crippen LogP contribution in [0.25, 0.3) is 6.08 Å². The van der Waals surface area contributed by atoms with E-state index in [1.54, 1.807) is 6.08 Å². The zero-order valence-corrected chi connectivity index (χ0v) is 10.5. The summed E-state index contributed by atoms with van der Waals surface area (Å²) in [5.41, 5.74) is 1.02. The maximum absolute atomic E-state index is 11.1. The molecule has 0 spiro atoms. The molecule has 0 heterocycles. The van der Waals surface area contributed by atoms with E-state index in [4.69, 9.17) is 16.3 Å². The Hall–Kier alpha value is -1.48. The smallest absolute Gasteiger partial charge is 0.407 e. The van der Waals surface area contributed by atoms with E-state index in [1.807, 2.05) is 37.3 Å². The van der Waals surface area contributed by atoms with E-state index in [0.29, 0.717) is 11.6 Å². The van der Waals surface area contributed by atoms with Crippen molar-refractivity contribution in [2.45, 2.75) is 13.3 Å². The Balaban J connectivity index is 2.26. The Morgan fingerprint density at radius 2 is 2.12 bits per heavy atom. The second-order valence-corrected chi connectivity index (χ2v) is 3.92. The fourth-order valence-corrected chi connectivity index (χ4v) is 1.29. The van der Waals surface area contributed by atoms with Gasteiger partial charge in [0.1, 0.15) is 6.61 Å². The quantitative estimate of drug-likeness (QED) is 0.872. The van der Waals surface area contributed by atoms with Gasteiger partial charge in [-0.05, 0) is 30.2 Å². The predicted octanol–water partition coefficient (Wildman–Crippen LogP) is 3.49. The molecule has 0 radical (unpaired) electrons. The molecule has 0 aromatic heterocycles. The van der Waals surface area contributed by atoms with Crippen molar-refractivity contribution in [3.05, 3.63) is 40.9 Å². The molecule has 92 valence electrons. The van der Waals surface area contributed by atoms with E-state index in [-0.39, 0.29) is 12.7 Å². The van der Waals surface area contributed by atoms with Gasteiger partial charge in [0.15, 0.2) is 0 Å². The molecule has 0 fully saturated rings. The third-order valence-electron chi connectivity index (χ3n) is 2.01. The fraction of sp³-hybridized carbons (Fsp3) is 0.308. The van der Waals surface area contributed by atoms with Gasteiger partial charge in [0, 0.05) is 11.6 Å².